The Morgan fingerprint density at radius 3 is 3.00 bits per heavy atom. The average Bonchev–Trinajstić information content (AvgIpc) is 3.19. The maximum Gasteiger partial charge on any atom is 0.338 e. The van der Waals surface area contributed by atoms with E-state index in [-0.39, 0.29) is 5.97 Å². The molecular formula is C16H20N4O3. The van der Waals surface area contributed by atoms with E-state index in [2.05, 4.69) is 10.3 Å². The number of esters is 1. The molecular weight excluding hydrogens is 296 g/mol. The molecule has 0 aliphatic carbocycles. The van der Waals surface area contributed by atoms with Crippen molar-refractivity contribution in [3.8, 4) is 5.69 Å². The highest BCUT2D eigenvalue weighted by Gasteiger charge is 2.45. The Labute approximate surface area is 134 Å². The monoisotopic (exact) mass is 316 g/mol. The van der Waals surface area contributed by atoms with Gasteiger partial charge >= 0.3 is 5.97 Å². The first kappa shape index (κ1) is 15.5. The van der Waals surface area contributed by atoms with Gasteiger partial charge in [-0.3, -0.25) is 0 Å². The van der Waals surface area contributed by atoms with E-state index >= 15 is 0 Å². The Balaban J connectivity index is 1.83. The molecule has 2 aromatic rings. The second kappa shape index (κ2) is 6.37. The van der Waals surface area contributed by atoms with Gasteiger partial charge in [-0.1, -0.05) is 17.3 Å². The van der Waals surface area contributed by atoms with Gasteiger partial charge in [0.25, 0.3) is 0 Å². The number of anilines is 1. The topological polar surface area (TPSA) is 92.3 Å². The van der Waals surface area contributed by atoms with E-state index in [4.69, 9.17) is 15.2 Å². The molecule has 23 heavy (non-hydrogen) atoms. The van der Waals surface area contributed by atoms with E-state index in [1.54, 1.807) is 23.9 Å². The normalized spacial score (nSPS) is 20.6. The number of carbonyl (C=O) groups is 1. The van der Waals surface area contributed by atoms with Gasteiger partial charge < -0.3 is 15.2 Å². The fraction of sp³-hybridized carbons (Fsp3) is 0.438. The third-order valence-electron chi connectivity index (χ3n) is 3.94. The minimum absolute atomic E-state index is 0.328. The van der Waals surface area contributed by atoms with Gasteiger partial charge in [-0.05, 0) is 31.9 Å². The molecule has 122 valence electrons. The number of carbonyl (C=O) groups excluding carboxylic acids is 1. The molecule has 1 fully saturated rings. The van der Waals surface area contributed by atoms with Gasteiger partial charge in [0, 0.05) is 13.0 Å². The molecule has 0 saturated carbocycles. The highest BCUT2D eigenvalue weighted by molar-refractivity contribution is 5.80. The van der Waals surface area contributed by atoms with Crippen molar-refractivity contribution in [1.82, 2.24) is 15.0 Å². The molecule has 1 aliphatic rings. The predicted octanol–water partition coefficient (Wildman–Crippen LogP) is 1.50. The Kier molecular flexibility index (Phi) is 4.29. The van der Waals surface area contributed by atoms with E-state index in [9.17, 15) is 4.79 Å². The molecule has 0 amide bonds. The maximum absolute atomic E-state index is 12.3. The van der Waals surface area contributed by atoms with Crippen molar-refractivity contribution in [1.29, 1.82) is 0 Å². The van der Waals surface area contributed by atoms with Crippen LogP contribution in [0.2, 0.25) is 0 Å². The molecule has 1 saturated heterocycles. The molecule has 2 heterocycles. The number of hydrogen-bond acceptors (Lipinski definition) is 6. The molecule has 1 aliphatic heterocycles. The summed E-state index contributed by atoms with van der Waals surface area (Å²) in [5.41, 5.74) is 7.04. The highest BCUT2D eigenvalue weighted by Crippen LogP contribution is 2.31. The van der Waals surface area contributed by atoms with Gasteiger partial charge in [0.1, 0.15) is 0 Å². The largest absolute Gasteiger partial charge is 0.464 e. The van der Waals surface area contributed by atoms with Crippen molar-refractivity contribution in [2.45, 2.75) is 31.8 Å². The number of hydrogen-bond donors (Lipinski definition) is 1. The molecule has 2 N–H and O–H groups in total. The standard InChI is InChI=1S/C16H20N4O3/c1-2-22-15(21)16(8-5-9-23-16)10-12-11-20(19-18-12)14-7-4-3-6-13(14)17/h3-4,6-7,11H,2,5,8-10,17H2,1H3. The SMILES string of the molecule is CCOC(=O)C1(Cc2cn(-c3ccccc3N)nn2)CCCO1. The molecule has 1 atom stereocenters. The van der Waals surface area contributed by atoms with Crippen LogP contribution in [-0.4, -0.2) is 39.8 Å². The summed E-state index contributed by atoms with van der Waals surface area (Å²) >= 11 is 0. The number of aromatic nitrogens is 3. The van der Waals surface area contributed by atoms with Crippen LogP contribution in [0.25, 0.3) is 5.69 Å². The summed E-state index contributed by atoms with van der Waals surface area (Å²) in [6.07, 6.45) is 3.58. The Morgan fingerprint density at radius 1 is 1.48 bits per heavy atom. The van der Waals surface area contributed by atoms with Gasteiger partial charge in [-0.2, -0.15) is 0 Å². The number of ether oxygens (including phenoxy) is 2. The number of rotatable bonds is 5. The van der Waals surface area contributed by atoms with Crippen LogP contribution in [-0.2, 0) is 20.7 Å². The van der Waals surface area contributed by atoms with Gasteiger partial charge in [0.15, 0.2) is 5.60 Å². The van der Waals surface area contributed by atoms with Crippen LogP contribution in [0.3, 0.4) is 0 Å². The number of benzene rings is 1. The van der Waals surface area contributed by atoms with Gasteiger partial charge in [0.05, 0.1) is 29.9 Å². The summed E-state index contributed by atoms with van der Waals surface area (Å²) in [5.74, 6) is -0.328. The Hall–Kier alpha value is -2.41. The van der Waals surface area contributed by atoms with Crippen LogP contribution in [0.5, 0.6) is 0 Å². The van der Waals surface area contributed by atoms with Gasteiger partial charge in [0.2, 0.25) is 0 Å². The lowest BCUT2D eigenvalue weighted by Crippen LogP contribution is -2.41. The minimum atomic E-state index is -0.945. The molecule has 1 aromatic carbocycles. The quantitative estimate of drug-likeness (QED) is 0.664. The van der Waals surface area contributed by atoms with E-state index in [1.807, 2.05) is 18.2 Å². The number of para-hydroxylation sites is 2. The Morgan fingerprint density at radius 2 is 2.30 bits per heavy atom. The summed E-state index contributed by atoms with van der Waals surface area (Å²) in [6.45, 7) is 2.67. The molecule has 1 unspecified atom stereocenters. The highest BCUT2D eigenvalue weighted by atomic mass is 16.6. The molecule has 0 radical (unpaired) electrons. The Bertz CT molecular complexity index is 692. The fourth-order valence-corrected chi connectivity index (χ4v) is 2.82. The summed E-state index contributed by atoms with van der Waals surface area (Å²) < 4.78 is 12.5. The van der Waals surface area contributed by atoms with Crippen LogP contribution >= 0.6 is 0 Å². The van der Waals surface area contributed by atoms with Crippen molar-refractivity contribution in [2.24, 2.45) is 0 Å². The zero-order valence-corrected chi connectivity index (χ0v) is 13.1. The molecule has 1 aromatic heterocycles. The number of nitrogens with two attached hydrogens (primary N) is 1. The van der Waals surface area contributed by atoms with E-state index in [1.165, 1.54) is 0 Å². The van der Waals surface area contributed by atoms with Crippen molar-refractivity contribution < 1.29 is 14.3 Å². The second-order valence-electron chi connectivity index (χ2n) is 5.56. The van der Waals surface area contributed by atoms with Crippen molar-refractivity contribution in [3.05, 3.63) is 36.2 Å². The minimum Gasteiger partial charge on any atom is -0.464 e. The third-order valence-corrected chi connectivity index (χ3v) is 3.94. The maximum atomic E-state index is 12.3. The van der Waals surface area contributed by atoms with Crippen molar-refractivity contribution in [3.63, 3.8) is 0 Å². The summed E-state index contributed by atoms with van der Waals surface area (Å²) in [7, 11) is 0. The van der Waals surface area contributed by atoms with Crippen LogP contribution in [0.4, 0.5) is 5.69 Å². The first-order valence-electron chi connectivity index (χ1n) is 7.72. The van der Waals surface area contributed by atoms with E-state index in [0.717, 1.165) is 12.1 Å². The average molecular weight is 316 g/mol. The van der Waals surface area contributed by atoms with Crippen LogP contribution in [0.1, 0.15) is 25.5 Å². The summed E-state index contributed by atoms with van der Waals surface area (Å²) in [5, 5.41) is 8.26. The zero-order chi connectivity index (χ0) is 16.3. The second-order valence-corrected chi connectivity index (χ2v) is 5.56. The van der Waals surface area contributed by atoms with Crippen molar-refractivity contribution in [2.75, 3.05) is 18.9 Å². The van der Waals surface area contributed by atoms with E-state index in [0.29, 0.717) is 37.4 Å². The summed E-state index contributed by atoms with van der Waals surface area (Å²) in [4.78, 5) is 12.3. The smallest absolute Gasteiger partial charge is 0.338 e. The third kappa shape index (κ3) is 3.05. The number of nitrogen functional groups attached to an aromatic ring is 1. The van der Waals surface area contributed by atoms with Crippen LogP contribution < -0.4 is 5.73 Å². The zero-order valence-electron chi connectivity index (χ0n) is 13.1. The molecule has 3 rings (SSSR count). The lowest BCUT2D eigenvalue weighted by Gasteiger charge is -2.24. The van der Waals surface area contributed by atoms with Crippen molar-refractivity contribution >= 4 is 11.7 Å². The molecule has 7 nitrogen and oxygen atoms in total. The first-order chi connectivity index (χ1) is 11.1. The van der Waals surface area contributed by atoms with Crippen LogP contribution in [0, 0.1) is 0 Å². The lowest BCUT2D eigenvalue weighted by molar-refractivity contribution is -0.166. The first-order valence-corrected chi connectivity index (χ1v) is 7.72. The number of nitrogens with zero attached hydrogens (tertiary/aromatic N) is 3. The fourth-order valence-electron chi connectivity index (χ4n) is 2.82. The molecule has 0 bridgehead atoms. The molecule has 7 heteroatoms. The molecule has 0 spiro atoms. The van der Waals surface area contributed by atoms with Gasteiger partial charge in [-0.25, -0.2) is 9.48 Å². The predicted molar refractivity (Wildman–Crippen MR) is 84.0 cm³/mol. The van der Waals surface area contributed by atoms with E-state index < -0.39 is 5.60 Å². The summed E-state index contributed by atoms with van der Waals surface area (Å²) in [6, 6.07) is 7.41. The van der Waals surface area contributed by atoms with Crippen LogP contribution in [0.15, 0.2) is 30.5 Å². The van der Waals surface area contributed by atoms with Gasteiger partial charge in [-0.15, -0.1) is 5.10 Å². The lowest BCUT2D eigenvalue weighted by atomic mass is 9.94.